The van der Waals surface area contributed by atoms with Gasteiger partial charge in [0.15, 0.2) is 11.5 Å². The maximum Gasteiger partial charge on any atom is 0.255 e. The molecule has 0 fully saturated rings. The quantitative estimate of drug-likeness (QED) is 0.709. The zero-order valence-corrected chi connectivity index (χ0v) is 13.4. The molecule has 0 unspecified atom stereocenters. The maximum absolute atomic E-state index is 12.3. The normalized spacial score (nSPS) is 10.5. The first kappa shape index (κ1) is 17.3. The van der Waals surface area contributed by atoms with E-state index in [0.717, 1.165) is 19.4 Å². The summed E-state index contributed by atoms with van der Waals surface area (Å²) in [5.74, 6) is 0.976. The number of nitrogens with one attached hydrogen (secondary N) is 1. The predicted octanol–water partition coefficient (Wildman–Crippen LogP) is 2.17. The lowest BCUT2D eigenvalue weighted by Gasteiger charge is -2.15. The van der Waals surface area contributed by atoms with Crippen LogP contribution >= 0.6 is 0 Å². The van der Waals surface area contributed by atoms with Crippen molar-refractivity contribution in [1.29, 1.82) is 0 Å². The van der Waals surface area contributed by atoms with Gasteiger partial charge in [0, 0.05) is 13.1 Å². The first-order valence-corrected chi connectivity index (χ1v) is 7.32. The lowest BCUT2D eigenvalue weighted by Crippen LogP contribution is -2.31. The van der Waals surface area contributed by atoms with E-state index in [1.165, 1.54) is 0 Å². The van der Waals surface area contributed by atoms with Gasteiger partial charge in [-0.3, -0.25) is 4.79 Å². The number of para-hydroxylation sites is 1. The SMILES string of the molecule is CCCCOc1c(OC)cccc1C(=O)NCCN(C)C. The molecule has 0 aliphatic carbocycles. The second-order valence-corrected chi connectivity index (χ2v) is 5.10. The highest BCUT2D eigenvalue weighted by Crippen LogP contribution is 2.31. The first-order chi connectivity index (χ1) is 10.1. The van der Waals surface area contributed by atoms with Gasteiger partial charge in [0.25, 0.3) is 5.91 Å². The highest BCUT2D eigenvalue weighted by molar-refractivity contribution is 5.97. The second kappa shape index (κ2) is 9.23. The Kier molecular flexibility index (Phi) is 7.61. The highest BCUT2D eigenvalue weighted by Gasteiger charge is 2.16. The number of amides is 1. The molecule has 0 heterocycles. The van der Waals surface area contributed by atoms with Crippen LogP contribution in [0.3, 0.4) is 0 Å². The Balaban J connectivity index is 2.81. The molecule has 1 rings (SSSR count). The van der Waals surface area contributed by atoms with Crippen LogP contribution in [-0.2, 0) is 0 Å². The number of methoxy groups -OCH3 is 1. The van der Waals surface area contributed by atoms with Crippen LogP contribution in [0.25, 0.3) is 0 Å². The van der Waals surface area contributed by atoms with Gasteiger partial charge in [-0.15, -0.1) is 0 Å². The van der Waals surface area contributed by atoms with Crippen molar-refractivity contribution in [2.45, 2.75) is 19.8 Å². The zero-order chi connectivity index (χ0) is 15.7. The van der Waals surface area contributed by atoms with Gasteiger partial charge < -0.3 is 19.7 Å². The summed E-state index contributed by atoms with van der Waals surface area (Å²) in [6.07, 6.45) is 1.99. The van der Waals surface area contributed by atoms with Gasteiger partial charge in [-0.1, -0.05) is 19.4 Å². The van der Waals surface area contributed by atoms with E-state index in [-0.39, 0.29) is 5.91 Å². The molecule has 0 saturated heterocycles. The number of carbonyl (C=O) groups excluding carboxylic acids is 1. The summed E-state index contributed by atoms with van der Waals surface area (Å²) in [6, 6.07) is 5.36. The topological polar surface area (TPSA) is 50.8 Å². The third-order valence-electron chi connectivity index (χ3n) is 3.03. The molecule has 1 aromatic rings. The Morgan fingerprint density at radius 1 is 1.33 bits per heavy atom. The molecule has 0 spiro atoms. The molecule has 0 aromatic heterocycles. The van der Waals surface area contributed by atoms with E-state index in [4.69, 9.17) is 9.47 Å². The standard InChI is InChI=1S/C16H26N2O3/c1-5-6-12-21-15-13(8-7-9-14(15)20-4)16(19)17-10-11-18(2)3/h7-9H,5-6,10-12H2,1-4H3,(H,17,19). The van der Waals surface area contributed by atoms with Gasteiger partial charge in [0.2, 0.25) is 0 Å². The van der Waals surface area contributed by atoms with Crippen molar-refractivity contribution in [1.82, 2.24) is 10.2 Å². The van der Waals surface area contributed by atoms with Crippen molar-refractivity contribution in [3.05, 3.63) is 23.8 Å². The van der Waals surface area contributed by atoms with E-state index in [2.05, 4.69) is 12.2 Å². The molecule has 0 radical (unpaired) electrons. The van der Waals surface area contributed by atoms with Crippen molar-refractivity contribution in [2.24, 2.45) is 0 Å². The van der Waals surface area contributed by atoms with E-state index >= 15 is 0 Å². The van der Waals surface area contributed by atoms with E-state index < -0.39 is 0 Å². The smallest absolute Gasteiger partial charge is 0.255 e. The summed E-state index contributed by atoms with van der Waals surface area (Å²) >= 11 is 0. The summed E-state index contributed by atoms with van der Waals surface area (Å²) in [7, 11) is 5.52. The van der Waals surface area contributed by atoms with Gasteiger partial charge in [0.1, 0.15) is 0 Å². The minimum atomic E-state index is -0.137. The largest absolute Gasteiger partial charge is 0.493 e. The lowest BCUT2D eigenvalue weighted by atomic mass is 10.1. The fraction of sp³-hybridized carbons (Fsp3) is 0.562. The maximum atomic E-state index is 12.3. The predicted molar refractivity (Wildman–Crippen MR) is 84.3 cm³/mol. The molecule has 0 atom stereocenters. The Morgan fingerprint density at radius 2 is 2.10 bits per heavy atom. The number of carbonyl (C=O) groups is 1. The number of hydrogen-bond acceptors (Lipinski definition) is 4. The van der Waals surface area contributed by atoms with Crippen molar-refractivity contribution >= 4 is 5.91 Å². The number of hydrogen-bond donors (Lipinski definition) is 1. The molecule has 5 nitrogen and oxygen atoms in total. The number of benzene rings is 1. The monoisotopic (exact) mass is 294 g/mol. The molecule has 5 heteroatoms. The molecular formula is C16H26N2O3. The molecule has 0 aliphatic heterocycles. The zero-order valence-electron chi connectivity index (χ0n) is 13.4. The number of unbranched alkanes of at least 4 members (excludes halogenated alkanes) is 1. The average molecular weight is 294 g/mol. The molecular weight excluding hydrogens is 268 g/mol. The molecule has 0 saturated carbocycles. The third-order valence-corrected chi connectivity index (χ3v) is 3.03. The van der Waals surface area contributed by atoms with Gasteiger partial charge in [-0.05, 0) is 32.6 Å². The minimum Gasteiger partial charge on any atom is -0.493 e. The molecule has 118 valence electrons. The third kappa shape index (κ3) is 5.63. The molecule has 1 N–H and O–H groups in total. The van der Waals surface area contributed by atoms with Crippen LogP contribution in [0.15, 0.2) is 18.2 Å². The van der Waals surface area contributed by atoms with Gasteiger partial charge in [-0.25, -0.2) is 0 Å². The van der Waals surface area contributed by atoms with E-state index in [1.54, 1.807) is 25.3 Å². The summed E-state index contributed by atoms with van der Waals surface area (Å²) in [5.41, 5.74) is 0.518. The van der Waals surface area contributed by atoms with Crippen molar-refractivity contribution < 1.29 is 14.3 Å². The van der Waals surface area contributed by atoms with Crippen molar-refractivity contribution in [3.8, 4) is 11.5 Å². The fourth-order valence-corrected chi connectivity index (χ4v) is 1.81. The van der Waals surface area contributed by atoms with Crippen LogP contribution < -0.4 is 14.8 Å². The van der Waals surface area contributed by atoms with Crippen LogP contribution in [0.2, 0.25) is 0 Å². The lowest BCUT2D eigenvalue weighted by molar-refractivity contribution is 0.0946. The number of ether oxygens (including phenoxy) is 2. The van der Waals surface area contributed by atoms with Crippen LogP contribution in [-0.4, -0.2) is 51.7 Å². The first-order valence-electron chi connectivity index (χ1n) is 7.32. The highest BCUT2D eigenvalue weighted by atomic mass is 16.5. The fourth-order valence-electron chi connectivity index (χ4n) is 1.81. The summed E-state index contributed by atoms with van der Waals surface area (Å²) in [6.45, 7) is 4.06. The van der Waals surface area contributed by atoms with Gasteiger partial charge in [-0.2, -0.15) is 0 Å². The van der Waals surface area contributed by atoms with Crippen LogP contribution in [0.4, 0.5) is 0 Å². The number of nitrogens with zero attached hydrogens (tertiary/aromatic N) is 1. The Bertz CT molecular complexity index is 447. The Morgan fingerprint density at radius 3 is 2.71 bits per heavy atom. The minimum absolute atomic E-state index is 0.137. The molecule has 0 bridgehead atoms. The summed E-state index contributed by atoms with van der Waals surface area (Å²) in [5, 5.41) is 2.90. The number of rotatable bonds is 9. The molecule has 1 amide bonds. The van der Waals surface area contributed by atoms with E-state index in [1.807, 2.05) is 19.0 Å². The second-order valence-electron chi connectivity index (χ2n) is 5.10. The van der Waals surface area contributed by atoms with Crippen LogP contribution in [0.1, 0.15) is 30.1 Å². The van der Waals surface area contributed by atoms with E-state index in [9.17, 15) is 4.79 Å². The Labute approximate surface area is 127 Å². The molecule has 21 heavy (non-hydrogen) atoms. The van der Waals surface area contributed by atoms with Crippen molar-refractivity contribution in [2.75, 3.05) is 40.9 Å². The average Bonchev–Trinajstić information content (AvgIpc) is 2.47. The van der Waals surface area contributed by atoms with E-state index in [0.29, 0.717) is 30.2 Å². The molecule has 1 aromatic carbocycles. The van der Waals surface area contributed by atoms with Gasteiger partial charge >= 0.3 is 0 Å². The summed E-state index contributed by atoms with van der Waals surface area (Å²) in [4.78, 5) is 14.3. The van der Waals surface area contributed by atoms with Crippen LogP contribution in [0.5, 0.6) is 11.5 Å². The summed E-state index contributed by atoms with van der Waals surface area (Å²) < 4.78 is 11.0. The van der Waals surface area contributed by atoms with Crippen LogP contribution in [0, 0.1) is 0 Å². The van der Waals surface area contributed by atoms with Gasteiger partial charge in [0.05, 0.1) is 19.3 Å². The molecule has 0 aliphatic rings. The number of likely N-dealkylation sites (N-methyl/N-ethyl adjacent to an activating group) is 1. The van der Waals surface area contributed by atoms with Crippen molar-refractivity contribution in [3.63, 3.8) is 0 Å². The Hall–Kier alpha value is -1.75.